The molecule has 0 atom stereocenters. The van der Waals surface area contributed by atoms with Gasteiger partial charge in [0.2, 0.25) is 0 Å². The minimum absolute atomic E-state index is 0. The molecule has 0 saturated heterocycles. The van der Waals surface area contributed by atoms with Crippen LogP contribution in [0.15, 0.2) is 128 Å². The van der Waals surface area contributed by atoms with Gasteiger partial charge in [0.25, 0.3) is 0 Å². The Bertz CT molecular complexity index is 3150. The van der Waals surface area contributed by atoms with Gasteiger partial charge in [-0.15, -0.1) is 48.1 Å². The Balaban J connectivity index is 0.00000592. The number of rotatable bonds is 6. The van der Waals surface area contributed by atoms with Crippen LogP contribution in [0.4, 0.5) is 28.4 Å². The van der Waals surface area contributed by atoms with E-state index < -0.39 is 0 Å². The van der Waals surface area contributed by atoms with Crippen molar-refractivity contribution in [3.63, 3.8) is 0 Å². The van der Waals surface area contributed by atoms with E-state index in [-0.39, 0.29) is 42.7 Å². The second kappa shape index (κ2) is 16.9. The fourth-order valence-corrected chi connectivity index (χ4v) is 8.64. The summed E-state index contributed by atoms with van der Waals surface area (Å²) >= 11 is 0. The maximum Gasteiger partial charge on any atom is 0.187 e. The number of anilines is 4. The maximum absolute atomic E-state index is 7.79. The van der Waals surface area contributed by atoms with Gasteiger partial charge in [0.1, 0.15) is 5.82 Å². The van der Waals surface area contributed by atoms with Crippen molar-refractivity contribution in [2.24, 2.45) is 0 Å². The third-order valence-corrected chi connectivity index (χ3v) is 12.5. The third kappa shape index (κ3) is 8.79. The Morgan fingerprint density at radius 1 is 0.591 bits per heavy atom. The number of nitrogens with zero attached hydrogens (tertiary/aromatic N) is 5. The van der Waals surface area contributed by atoms with Gasteiger partial charge in [-0.3, -0.25) is 0 Å². The molecule has 1 aliphatic rings. The maximum atomic E-state index is 7.79. The summed E-state index contributed by atoms with van der Waals surface area (Å²) in [5.74, 6) is 2.00. The predicted octanol–water partition coefficient (Wildman–Crippen LogP) is 16.4. The molecule has 6 aromatic carbocycles. The summed E-state index contributed by atoms with van der Waals surface area (Å²) in [7, 11) is 0. The summed E-state index contributed by atoms with van der Waals surface area (Å²) < 4.78 is 8.94. The second-order valence-electron chi connectivity index (χ2n) is 21.5. The van der Waals surface area contributed by atoms with Crippen LogP contribution in [-0.2, 0) is 42.7 Å². The van der Waals surface area contributed by atoms with E-state index in [1.54, 1.807) is 0 Å². The number of ether oxygens (including phenoxy) is 1. The fraction of sp³-hybridized carbons (Fsp3) is 0.271. The van der Waals surface area contributed by atoms with Crippen LogP contribution in [0.25, 0.3) is 43.6 Å². The summed E-state index contributed by atoms with van der Waals surface area (Å²) in [6, 6.07) is 49.8. The van der Waals surface area contributed by atoms with Gasteiger partial charge >= 0.3 is 0 Å². The van der Waals surface area contributed by atoms with Gasteiger partial charge in [-0.1, -0.05) is 137 Å². The average molecular weight is 1050 g/mol. The molecule has 338 valence electrons. The first-order chi connectivity index (χ1) is 30.7. The van der Waals surface area contributed by atoms with Gasteiger partial charge in [0.05, 0.1) is 6.57 Å². The fourth-order valence-electron chi connectivity index (χ4n) is 8.64. The van der Waals surface area contributed by atoms with Crippen LogP contribution >= 0.6 is 0 Å². The molecule has 6 nitrogen and oxygen atoms in total. The summed E-state index contributed by atoms with van der Waals surface area (Å²) in [6.07, 6.45) is 1.91. The smallest absolute Gasteiger partial charge is 0.187 e. The Labute approximate surface area is 406 Å². The second-order valence-corrected chi connectivity index (χ2v) is 21.5. The van der Waals surface area contributed by atoms with E-state index in [0.29, 0.717) is 17.2 Å². The molecule has 2 aromatic heterocycles. The molecule has 7 heteroatoms. The van der Waals surface area contributed by atoms with E-state index >= 15 is 0 Å². The van der Waals surface area contributed by atoms with Crippen molar-refractivity contribution in [1.82, 2.24) is 9.55 Å². The summed E-state index contributed by atoms with van der Waals surface area (Å²) in [6.45, 7) is 37.0. The molecule has 0 unspecified atom stereocenters. The van der Waals surface area contributed by atoms with Crippen LogP contribution in [0.2, 0.25) is 0 Å². The molecule has 0 N–H and O–H groups in total. The van der Waals surface area contributed by atoms with Crippen LogP contribution in [0, 0.1) is 25.4 Å². The van der Waals surface area contributed by atoms with Crippen LogP contribution < -0.4 is 14.5 Å². The SMILES string of the molecule is [C-]#[N+]c1cccc(-c2cccc3c2N(c2cc(C(C)(C)C)cc(C(C)(C)C)c2)[CH-]N3c2[c-]c(Oc3[c-]c4c(cc3)c3cc(C(C)(C)C)ccc3n4-c3cc(C(C)(C)C)ccn3)ccc2)c1.[Pt]. The van der Waals surface area contributed by atoms with Gasteiger partial charge in [0, 0.05) is 66.9 Å². The van der Waals surface area contributed by atoms with E-state index in [0.717, 1.165) is 61.5 Å². The van der Waals surface area contributed by atoms with Crippen molar-refractivity contribution in [1.29, 1.82) is 0 Å². The standard InChI is InChI=1S/C59H58N5O.Pt/c1-56(2,3)39-23-26-51-50(33-39)49-25-24-47(36-53(49)64(51)54-34-40(27-28-61-54)57(4,5)6)65-46-20-15-19-44(35-46)62-37-63(45-31-41(58(7,8)9)30-42(32-45)59(10,11)12)55-48(21-16-22-52(55)62)38-17-14-18-43(29-38)60-13;/h14-34,37H,1-12H3;/q-3;. The first-order valence-corrected chi connectivity index (χ1v) is 22.6. The van der Waals surface area contributed by atoms with Crippen LogP contribution in [0.1, 0.15) is 105 Å². The van der Waals surface area contributed by atoms with Crippen molar-refractivity contribution < 1.29 is 25.8 Å². The molecule has 0 aliphatic carbocycles. The van der Waals surface area contributed by atoms with Gasteiger partial charge in [-0.25, -0.2) is 9.83 Å². The van der Waals surface area contributed by atoms with Gasteiger partial charge in [0.15, 0.2) is 5.69 Å². The minimum atomic E-state index is -0.0715. The molecule has 1 aliphatic heterocycles. The zero-order chi connectivity index (χ0) is 46.2. The van der Waals surface area contributed by atoms with Crippen LogP contribution in [-0.4, -0.2) is 9.55 Å². The van der Waals surface area contributed by atoms with Crippen molar-refractivity contribution in [3.8, 4) is 28.4 Å². The topological polar surface area (TPSA) is 37.9 Å². The van der Waals surface area contributed by atoms with Crippen molar-refractivity contribution in [3.05, 3.63) is 180 Å². The number of aromatic nitrogens is 2. The first-order valence-electron chi connectivity index (χ1n) is 22.6. The molecule has 9 rings (SSSR count). The summed E-state index contributed by atoms with van der Waals surface area (Å²) in [5.41, 5.74) is 13.3. The molecule has 3 heterocycles. The third-order valence-electron chi connectivity index (χ3n) is 12.5. The van der Waals surface area contributed by atoms with Crippen molar-refractivity contribution in [2.75, 3.05) is 9.80 Å². The molecule has 0 amide bonds. The minimum Gasteiger partial charge on any atom is -0.509 e. The molecule has 0 spiro atoms. The van der Waals surface area contributed by atoms with Gasteiger partial charge in [-0.2, -0.15) is 12.1 Å². The largest absolute Gasteiger partial charge is 0.509 e. The molecule has 0 saturated carbocycles. The Morgan fingerprint density at radius 2 is 1.24 bits per heavy atom. The van der Waals surface area contributed by atoms with Gasteiger partial charge in [-0.05, 0) is 97.3 Å². The summed E-state index contributed by atoms with van der Waals surface area (Å²) in [4.78, 5) is 13.2. The Hall–Kier alpha value is -6.15. The van der Waals surface area contributed by atoms with Crippen LogP contribution in [0.5, 0.6) is 11.5 Å². The molecule has 66 heavy (non-hydrogen) atoms. The molecule has 0 radical (unpaired) electrons. The van der Waals surface area contributed by atoms with E-state index in [1.807, 2.05) is 42.6 Å². The Morgan fingerprint density at radius 3 is 1.92 bits per heavy atom. The number of fused-ring (bicyclic) bond motifs is 4. The molecule has 0 bridgehead atoms. The van der Waals surface area contributed by atoms with Gasteiger partial charge < -0.3 is 19.1 Å². The molecular weight excluding hydrogens is 990 g/mol. The van der Waals surface area contributed by atoms with E-state index in [2.05, 4.69) is 206 Å². The van der Waals surface area contributed by atoms with Crippen LogP contribution in [0.3, 0.4) is 0 Å². The van der Waals surface area contributed by atoms with Crippen molar-refractivity contribution >= 4 is 50.2 Å². The zero-order valence-corrected chi connectivity index (χ0v) is 42.4. The van der Waals surface area contributed by atoms with E-state index in [9.17, 15) is 0 Å². The quantitative estimate of drug-likeness (QED) is 0.156. The molecule has 8 aromatic rings. The normalized spacial score (nSPS) is 13.2. The molecule has 0 fully saturated rings. The number of hydrogen-bond acceptors (Lipinski definition) is 4. The summed E-state index contributed by atoms with van der Waals surface area (Å²) in [5, 5.41) is 2.24. The number of pyridine rings is 1. The van der Waals surface area contributed by atoms with E-state index in [1.165, 1.54) is 22.3 Å². The predicted molar refractivity (Wildman–Crippen MR) is 271 cm³/mol. The van der Waals surface area contributed by atoms with Crippen molar-refractivity contribution in [2.45, 2.75) is 105 Å². The van der Waals surface area contributed by atoms with E-state index in [4.69, 9.17) is 16.3 Å². The number of benzene rings is 6. The zero-order valence-electron chi connectivity index (χ0n) is 40.2. The molecular formula is C59H58N5OPt-3. The Kier molecular flexibility index (Phi) is 11.9. The monoisotopic (exact) mass is 1050 g/mol. The average Bonchev–Trinajstić information content (AvgIpc) is 3.81. The first kappa shape index (κ1) is 46.4. The number of para-hydroxylation sites is 1. The number of hydrogen-bond donors (Lipinski definition) is 0.